The molecule has 1 aliphatic heterocycles. The van der Waals surface area contributed by atoms with Gasteiger partial charge in [0, 0.05) is 49.7 Å². The van der Waals surface area contributed by atoms with Crippen LogP contribution in [0.2, 0.25) is 0 Å². The number of aromatic nitrogens is 3. The molecule has 3 N–H and O–H groups in total. The van der Waals surface area contributed by atoms with E-state index in [2.05, 4.69) is 9.80 Å². The summed E-state index contributed by atoms with van der Waals surface area (Å²) in [7, 11) is 0. The van der Waals surface area contributed by atoms with Crippen LogP contribution in [-0.2, 0) is 4.74 Å². The quantitative estimate of drug-likeness (QED) is 0.468. The molecule has 1 amide bonds. The number of anilines is 1. The summed E-state index contributed by atoms with van der Waals surface area (Å²) in [6, 6.07) is 9.82. The van der Waals surface area contributed by atoms with Crippen molar-refractivity contribution in [3.8, 4) is 5.69 Å². The summed E-state index contributed by atoms with van der Waals surface area (Å²) in [6.45, 7) is 6.92. The average molecular weight is 453 g/mol. The Morgan fingerprint density at radius 1 is 1.06 bits per heavy atom. The third kappa shape index (κ3) is 5.03. The summed E-state index contributed by atoms with van der Waals surface area (Å²) >= 11 is 0. The number of piperazine rings is 1. The van der Waals surface area contributed by atoms with Gasteiger partial charge in [0.25, 0.3) is 5.56 Å². The van der Waals surface area contributed by atoms with Gasteiger partial charge in [-0.3, -0.25) is 19.1 Å². The normalized spacial score (nSPS) is 14.7. The topological polar surface area (TPSA) is 127 Å². The number of ether oxygens (including phenoxy) is 1. The number of amides is 1. The maximum Gasteiger partial charge on any atom is 0.256 e. The van der Waals surface area contributed by atoms with Crippen LogP contribution in [0.1, 0.15) is 16.1 Å². The van der Waals surface area contributed by atoms with Gasteiger partial charge in [-0.05, 0) is 37.3 Å². The number of primary amides is 1. The molecule has 4 rings (SSSR count). The fraction of sp³-hybridized carbons (Fsp3) is 0.391. The highest BCUT2D eigenvalue weighted by Gasteiger charge is 2.21. The molecule has 1 fully saturated rings. The van der Waals surface area contributed by atoms with Gasteiger partial charge in [-0.15, -0.1) is 0 Å². The number of benzene rings is 1. The van der Waals surface area contributed by atoms with E-state index in [0.29, 0.717) is 36.1 Å². The van der Waals surface area contributed by atoms with Crippen LogP contribution in [-0.4, -0.2) is 83.0 Å². The third-order valence-corrected chi connectivity index (χ3v) is 5.78. The van der Waals surface area contributed by atoms with Crippen molar-refractivity contribution in [2.75, 3.05) is 57.4 Å². The summed E-state index contributed by atoms with van der Waals surface area (Å²) in [5.41, 5.74) is 7.42. The number of aliphatic hydroxyl groups excluding tert-OH is 1. The number of carbonyl (C=O) groups is 1. The van der Waals surface area contributed by atoms with Crippen molar-refractivity contribution >= 4 is 22.9 Å². The van der Waals surface area contributed by atoms with E-state index in [1.165, 1.54) is 10.6 Å². The van der Waals surface area contributed by atoms with Crippen molar-refractivity contribution in [3.05, 3.63) is 58.0 Å². The lowest BCUT2D eigenvalue weighted by atomic mass is 10.2. The van der Waals surface area contributed by atoms with Gasteiger partial charge in [0.15, 0.2) is 5.65 Å². The van der Waals surface area contributed by atoms with E-state index in [4.69, 9.17) is 25.5 Å². The van der Waals surface area contributed by atoms with Crippen LogP contribution in [0.3, 0.4) is 0 Å². The number of aliphatic hydroxyl groups is 1. The van der Waals surface area contributed by atoms with Crippen molar-refractivity contribution in [3.63, 3.8) is 0 Å². The number of nitrogens with two attached hydrogens (primary N) is 1. The second-order valence-electron chi connectivity index (χ2n) is 7.93. The summed E-state index contributed by atoms with van der Waals surface area (Å²) in [6.07, 6.45) is 0. The Balaban J connectivity index is 1.61. The van der Waals surface area contributed by atoms with Crippen LogP contribution in [0, 0.1) is 6.92 Å². The van der Waals surface area contributed by atoms with E-state index in [9.17, 15) is 9.59 Å². The number of hydrogen-bond donors (Lipinski definition) is 2. The first kappa shape index (κ1) is 22.8. The smallest absolute Gasteiger partial charge is 0.256 e. The molecule has 0 unspecified atom stereocenters. The minimum Gasteiger partial charge on any atom is -0.394 e. The molecule has 0 atom stereocenters. The third-order valence-electron chi connectivity index (χ3n) is 5.78. The molecular weight excluding hydrogens is 424 g/mol. The number of nitrogens with zero attached hydrogens (tertiary/aromatic N) is 5. The molecule has 10 heteroatoms. The SMILES string of the molecule is Cc1nc(N2CCN(CCOCCO)CC2)nc2c1ccc(=O)n2-c1ccc(C(N)=O)cc1. The highest BCUT2D eigenvalue weighted by molar-refractivity contribution is 5.93. The summed E-state index contributed by atoms with van der Waals surface area (Å²) in [5, 5.41) is 9.60. The summed E-state index contributed by atoms with van der Waals surface area (Å²) in [4.78, 5) is 38.1. The molecule has 0 saturated carbocycles. The van der Waals surface area contributed by atoms with Gasteiger partial charge in [-0.1, -0.05) is 0 Å². The lowest BCUT2D eigenvalue weighted by molar-refractivity contribution is 0.0724. The van der Waals surface area contributed by atoms with Crippen molar-refractivity contribution < 1.29 is 14.6 Å². The van der Waals surface area contributed by atoms with Crippen LogP contribution >= 0.6 is 0 Å². The number of fused-ring (bicyclic) bond motifs is 1. The number of carbonyl (C=O) groups excluding carboxylic acids is 1. The highest BCUT2D eigenvalue weighted by Crippen LogP contribution is 2.21. The number of pyridine rings is 1. The van der Waals surface area contributed by atoms with Gasteiger partial charge in [-0.2, -0.15) is 4.98 Å². The number of aryl methyl sites for hydroxylation is 1. The molecule has 0 radical (unpaired) electrons. The molecule has 3 heterocycles. The lowest BCUT2D eigenvalue weighted by Gasteiger charge is -2.34. The van der Waals surface area contributed by atoms with Crippen LogP contribution in [0.15, 0.2) is 41.2 Å². The predicted molar refractivity (Wildman–Crippen MR) is 125 cm³/mol. The van der Waals surface area contributed by atoms with Crippen molar-refractivity contribution in [2.24, 2.45) is 5.73 Å². The first-order chi connectivity index (χ1) is 16.0. The number of hydrogen-bond acceptors (Lipinski definition) is 8. The molecule has 174 valence electrons. The maximum atomic E-state index is 12.8. The largest absolute Gasteiger partial charge is 0.394 e. The van der Waals surface area contributed by atoms with Crippen molar-refractivity contribution in [1.82, 2.24) is 19.4 Å². The van der Waals surface area contributed by atoms with Gasteiger partial charge in [0.1, 0.15) is 0 Å². The molecule has 33 heavy (non-hydrogen) atoms. The van der Waals surface area contributed by atoms with E-state index in [0.717, 1.165) is 43.8 Å². The standard InChI is InChI=1S/C23H28N6O4/c1-16-19-6-7-20(31)29(18-4-2-17(3-5-18)21(24)32)22(19)26-23(25-16)28-10-8-27(9-11-28)12-14-33-15-13-30/h2-7,30H,8-15H2,1H3,(H2,24,32). The molecule has 1 aromatic carbocycles. The molecular formula is C23H28N6O4. The Morgan fingerprint density at radius 2 is 1.79 bits per heavy atom. The van der Waals surface area contributed by atoms with Gasteiger partial charge in [0.2, 0.25) is 11.9 Å². The Labute approximate surface area is 191 Å². The molecule has 0 bridgehead atoms. The van der Waals surface area contributed by atoms with Gasteiger partial charge < -0.3 is 20.5 Å². The molecule has 3 aromatic rings. The van der Waals surface area contributed by atoms with Gasteiger partial charge >= 0.3 is 0 Å². The minimum atomic E-state index is -0.522. The maximum absolute atomic E-state index is 12.8. The van der Waals surface area contributed by atoms with Crippen LogP contribution < -0.4 is 16.2 Å². The van der Waals surface area contributed by atoms with Gasteiger partial charge in [0.05, 0.1) is 31.2 Å². The molecule has 1 saturated heterocycles. The van der Waals surface area contributed by atoms with Crippen molar-refractivity contribution in [2.45, 2.75) is 6.92 Å². The first-order valence-corrected chi connectivity index (χ1v) is 10.9. The fourth-order valence-electron chi connectivity index (χ4n) is 3.95. The highest BCUT2D eigenvalue weighted by atomic mass is 16.5. The van der Waals surface area contributed by atoms with E-state index in [1.54, 1.807) is 30.3 Å². The molecule has 10 nitrogen and oxygen atoms in total. The van der Waals surface area contributed by atoms with Gasteiger partial charge in [-0.25, -0.2) is 4.98 Å². The first-order valence-electron chi connectivity index (χ1n) is 10.9. The van der Waals surface area contributed by atoms with Crippen LogP contribution in [0.4, 0.5) is 5.95 Å². The molecule has 2 aromatic heterocycles. The fourth-order valence-corrected chi connectivity index (χ4v) is 3.95. The van der Waals surface area contributed by atoms with Crippen LogP contribution in [0.25, 0.3) is 16.7 Å². The Morgan fingerprint density at radius 3 is 2.45 bits per heavy atom. The Kier molecular flexibility index (Phi) is 6.97. The zero-order valence-corrected chi connectivity index (χ0v) is 18.6. The second-order valence-corrected chi connectivity index (χ2v) is 7.93. The molecule has 0 aliphatic carbocycles. The van der Waals surface area contributed by atoms with Crippen molar-refractivity contribution in [1.29, 1.82) is 0 Å². The monoisotopic (exact) mass is 452 g/mol. The Bertz CT molecular complexity index is 1190. The van der Waals surface area contributed by atoms with E-state index in [-0.39, 0.29) is 12.2 Å². The van der Waals surface area contributed by atoms with Crippen LogP contribution in [0.5, 0.6) is 0 Å². The second kappa shape index (κ2) is 10.1. The number of rotatable bonds is 8. The van der Waals surface area contributed by atoms with E-state index >= 15 is 0 Å². The lowest BCUT2D eigenvalue weighted by Crippen LogP contribution is -2.48. The molecule has 1 aliphatic rings. The van der Waals surface area contributed by atoms with E-state index < -0.39 is 5.91 Å². The summed E-state index contributed by atoms with van der Waals surface area (Å²) < 4.78 is 6.89. The van der Waals surface area contributed by atoms with E-state index in [1.807, 2.05) is 6.92 Å². The zero-order chi connectivity index (χ0) is 23.4. The average Bonchev–Trinajstić information content (AvgIpc) is 2.82. The molecule has 0 spiro atoms. The Hall–Kier alpha value is -3.34. The minimum absolute atomic E-state index is 0.0345. The summed E-state index contributed by atoms with van der Waals surface area (Å²) in [5.74, 6) is 0.0654. The zero-order valence-electron chi connectivity index (χ0n) is 18.6. The predicted octanol–water partition coefficient (Wildman–Crippen LogP) is 0.319.